The highest BCUT2D eigenvalue weighted by Gasteiger charge is 2.08. The first-order valence-electron chi connectivity index (χ1n) is 11.5. The number of rotatable bonds is 14. The van der Waals surface area contributed by atoms with Crippen molar-refractivity contribution in [1.29, 1.82) is 0 Å². The van der Waals surface area contributed by atoms with E-state index in [2.05, 4.69) is 34.6 Å². The third kappa shape index (κ3) is 8.82. The van der Waals surface area contributed by atoms with Crippen LogP contribution in [-0.2, 0) is 16.0 Å². The smallest absolute Gasteiger partial charge is 0.247 e. The normalized spacial score (nSPS) is 11.0. The zero-order chi connectivity index (χ0) is 25.8. The van der Waals surface area contributed by atoms with Crippen LogP contribution in [0.5, 0.6) is 17.2 Å². The van der Waals surface area contributed by atoms with Gasteiger partial charge in [-0.05, 0) is 67.8 Å². The summed E-state index contributed by atoms with van der Waals surface area (Å²) in [6.07, 6.45) is 1.58. The number of ether oxygens (including phenoxy) is 4. The number of hydrazone groups is 1. The summed E-state index contributed by atoms with van der Waals surface area (Å²) in [5.41, 5.74) is 11.2. The Balaban J connectivity index is 1.39. The van der Waals surface area contributed by atoms with Gasteiger partial charge in [0.25, 0.3) is 0 Å². The highest BCUT2D eigenvalue weighted by atomic mass is 32.1. The van der Waals surface area contributed by atoms with E-state index in [1.165, 1.54) is 17.3 Å². The molecule has 0 aliphatic heterocycles. The molecule has 0 spiro atoms. The number of carbonyl (C=O) groups excluding carboxylic acids is 1. The zero-order valence-electron chi connectivity index (χ0n) is 20.7. The number of nitrogens with zero attached hydrogens (tertiary/aromatic N) is 3. The number of nitrogens with one attached hydrogen (secondary N) is 1. The van der Waals surface area contributed by atoms with Crippen LogP contribution in [0.4, 0.5) is 5.13 Å². The largest absolute Gasteiger partial charge is 0.491 e. The van der Waals surface area contributed by atoms with Gasteiger partial charge < -0.3 is 24.7 Å². The molecule has 0 aliphatic carbocycles. The van der Waals surface area contributed by atoms with Crippen LogP contribution in [0.15, 0.2) is 41.5 Å². The molecule has 0 radical (unpaired) electrons. The van der Waals surface area contributed by atoms with Crippen molar-refractivity contribution < 1.29 is 23.7 Å². The van der Waals surface area contributed by atoms with E-state index in [-0.39, 0.29) is 12.3 Å². The van der Waals surface area contributed by atoms with Gasteiger partial charge in [0.05, 0.1) is 32.5 Å². The Morgan fingerprint density at radius 3 is 2.53 bits per heavy atom. The fraction of sp³-hybridized carbons (Fsp3) is 0.360. The van der Waals surface area contributed by atoms with Crippen molar-refractivity contribution in [2.45, 2.75) is 27.2 Å². The van der Waals surface area contributed by atoms with E-state index in [0.29, 0.717) is 54.7 Å². The molecule has 0 unspecified atom stereocenters. The maximum absolute atomic E-state index is 12.0. The average molecular weight is 514 g/mol. The van der Waals surface area contributed by atoms with Crippen LogP contribution in [0.25, 0.3) is 0 Å². The lowest BCUT2D eigenvalue weighted by atomic mass is 10.1. The second-order valence-electron chi connectivity index (χ2n) is 7.70. The molecule has 1 heterocycles. The lowest BCUT2D eigenvalue weighted by molar-refractivity contribution is -0.120. The number of carbonyl (C=O) groups is 1. The third-order valence-electron chi connectivity index (χ3n) is 4.92. The predicted molar refractivity (Wildman–Crippen MR) is 139 cm³/mol. The Kier molecular flexibility index (Phi) is 10.5. The number of benzene rings is 2. The third-order valence-corrected chi connectivity index (χ3v) is 5.68. The van der Waals surface area contributed by atoms with Gasteiger partial charge in [-0.3, -0.25) is 4.79 Å². The van der Waals surface area contributed by atoms with Crippen LogP contribution in [0.2, 0.25) is 0 Å². The molecule has 2 aromatic carbocycles. The molecule has 3 N–H and O–H groups in total. The van der Waals surface area contributed by atoms with Gasteiger partial charge >= 0.3 is 0 Å². The van der Waals surface area contributed by atoms with Gasteiger partial charge in [-0.2, -0.15) is 5.10 Å². The van der Waals surface area contributed by atoms with Crippen LogP contribution < -0.4 is 25.4 Å². The number of aromatic nitrogens is 2. The van der Waals surface area contributed by atoms with E-state index in [0.717, 1.165) is 22.6 Å². The van der Waals surface area contributed by atoms with Gasteiger partial charge in [0.1, 0.15) is 24.0 Å². The minimum atomic E-state index is -0.313. The van der Waals surface area contributed by atoms with E-state index in [4.69, 9.17) is 24.7 Å². The molecule has 1 amide bonds. The summed E-state index contributed by atoms with van der Waals surface area (Å²) in [4.78, 5) is 12.0. The van der Waals surface area contributed by atoms with Crippen molar-refractivity contribution in [3.8, 4) is 17.2 Å². The quantitative estimate of drug-likeness (QED) is 0.191. The number of anilines is 1. The summed E-state index contributed by atoms with van der Waals surface area (Å²) in [6.45, 7) is 8.20. The summed E-state index contributed by atoms with van der Waals surface area (Å²) < 4.78 is 22.8. The van der Waals surface area contributed by atoms with E-state index in [1.807, 2.05) is 31.2 Å². The van der Waals surface area contributed by atoms with E-state index in [1.54, 1.807) is 12.1 Å². The van der Waals surface area contributed by atoms with Crippen LogP contribution in [0.3, 0.4) is 0 Å². The molecule has 192 valence electrons. The molecule has 3 aromatic rings. The molecule has 0 saturated heterocycles. The molecule has 0 fully saturated rings. The highest BCUT2D eigenvalue weighted by molar-refractivity contribution is 7.15. The molecule has 3 rings (SSSR count). The molecule has 36 heavy (non-hydrogen) atoms. The summed E-state index contributed by atoms with van der Waals surface area (Å²) in [6, 6.07) is 11.4. The first-order chi connectivity index (χ1) is 17.4. The predicted octanol–water partition coefficient (Wildman–Crippen LogP) is 3.30. The van der Waals surface area contributed by atoms with Crippen molar-refractivity contribution in [3.63, 3.8) is 0 Å². The molecular weight excluding hydrogens is 482 g/mol. The second kappa shape index (κ2) is 14.0. The Morgan fingerprint density at radius 1 is 1.00 bits per heavy atom. The molecule has 0 saturated carbocycles. The van der Waals surface area contributed by atoms with Crippen molar-refractivity contribution in [3.05, 3.63) is 58.1 Å². The van der Waals surface area contributed by atoms with Gasteiger partial charge in [0.15, 0.2) is 11.5 Å². The average Bonchev–Trinajstić information content (AvgIpc) is 3.26. The Morgan fingerprint density at radius 2 is 1.81 bits per heavy atom. The van der Waals surface area contributed by atoms with Gasteiger partial charge in [-0.15, -0.1) is 10.2 Å². The van der Waals surface area contributed by atoms with E-state index >= 15 is 0 Å². The molecule has 0 bridgehead atoms. The number of aryl methyl sites for hydroxylation is 2. The maximum atomic E-state index is 12.0. The summed E-state index contributed by atoms with van der Waals surface area (Å²) in [5, 5.41) is 12.3. The first kappa shape index (κ1) is 26.9. The summed E-state index contributed by atoms with van der Waals surface area (Å²) >= 11 is 1.16. The molecule has 10 nitrogen and oxygen atoms in total. The lowest BCUT2D eigenvalue weighted by Crippen LogP contribution is -2.19. The summed E-state index contributed by atoms with van der Waals surface area (Å²) in [7, 11) is 0. The first-order valence-corrected chi connectivity index (χ1v) is 12.3. The maximum Gasteiger partial charge on any atom is 0.247 e. The molecule has 0 atom stereocenters. The van der Waals surface area contributed by atoms with Gasteiger partial charge in [0.2, 0.25) is 11.0 Å². The SMILES string of the molecule is CCOc1cc(/C=N/NC(=O)Cc2nnc(N)s2)ccc1OCCOCCOc1ccc(C)c(C)c1. The fourth-order valence-electron chi connectivity index (χ4n) is 3.02. The highest BCUT2D eigenvalue weighted by Crippen LogP contribution is 2.28. The van der Waals surface area contributed by atoms with Crippen LogP contribution in [0.1, 0.15) is 28.6 Å². The minimum absolute atomic E-state index is 0.0585. The van der Waals surface area contributed by atoms with Crippen LogP contribution >= 0.6 is 11.3 Å². The lowest BCUT2D eigenvalue weighted by Gasteiger charge is -2.13. The van der Waals surface area contributed by atoms with E-state index < -0.39 is 0 Å². The van der Waals surface area contributed by atoms with Crippen molar-refractivity contribution >= 4 is 28.6 Å². The monoisotopic (exact) mass is 513 g/mol. The van der Waals surface area contributed by atoms with Gasteiger partial charge in [0, 0.05) is 0 Å². The molecule has 11 heteroatoms. The number of nitrogens with two attached hydrogens (primary N) is 1. The van der Waals surface area contributed by atoms with Crippen LogP contribution in [-0.4, -0.2) is 55.4 Å². The zero-order valence-corrected chi connectivity index (χ0v) is 21.5. The molecule has 1 aromatic heterocycles. The van der Waals surface area contributed by atoms with Crippen molar-refractivity contribution in [2.24, 2.45) is 5.10 Å². The standard InChI is InChI=1S/C25H31N5O5S/c1-4-33-22-14-19(16-27-28-23(31)15-24-29-30-25(26)36-24)6-8-21(22)35-12-10-32-9-11-34-20-7-5-17(2)18(3)13-20/h5-8,13-14,16H,4,9-12,15H2,1-3H3,(H2,26,30)(H,28,31)/b27-16+. The molecular formula is C25H31N5O5S. The Hall–Kier alpha value is -3.70. The topological polar surface area (TPSA) is 130 Å². The van der Waals surface area contributed by atoms with Gasteiger partial charge in [-0.1, -0.05) is 17.4 Å². The second-order valence-corrected chi connectivity index (χ2v) is 8.79. The number of amides is 1. The summed E-state index contributed by atoms with van der Waals surface area (Å²) in [5.74, 6) is 1.70. The van der Waals surface area contributed by atoms with E-state index in [9.17, 15) is 4.79 Å². The fourth-order valence-corrected chi connectivity index (χ4v) is 3.63. The minimum Gasteiger partial charge on any atom is -0.491 e. The Labute approximate surface area is 214 Å². The number of hydrogen-bond donors (Lipinski definition) is 2. The van der Waals surface area contributed by atoms with Crippen molar-refractivity contribution in [2.75, 3.05) is 38.8 Å². The van der Waals surface area contributed by atoms with Gasteiger partial charge in [-0.25, -0.2) is 5.43 Å². The Bertz CT molecular complexity index is 1170. The number of hydrogen-bond acceptors (Lipinski definition) is 10. The van der Waals surface area contributed by atoms with Crippen molar-refractivity contribution in [1.82, 2.24) is 15.6 Å². The number of nitrogen functional groups attached to an aromatic ring is 1. The van der Waals surface area contributed by atoms with Crippen LogP contribution in [0, 0.1) is 13.8 Å². The molecule has 0 aliphatic rings.